The average Bonchev–Trinajstić information content (AvgIpc) is 3.20. The van der Waals surface area contributed by atoms with Crippen molar-refractivity contribution in [2.45, 2.75) is 24.5 Å². The van der Waals surface area contributed by atoms with Crippen LogP contribution in [0.5, 0.6) is 5.75 Å². The Kier molecular flexibility index (Phi) is 16.0. The van der Waals surface area contributed by atoms with Crippen molar-refractivity contribution in [1.29, 1.82) is 0 Å². The van der Waals surface area contributed by atoms with Gasteiger partial charge in [-0.15, -0.1) is 24.0 Å². The number of anilines is 1. The highest BCUT2D eigenvalue weighted by atomic mass is 32.3. The topological polar surface area (TPSA) is 423 Å². The van der Waals surface area contributed by atoms with Crippen LogP contribution in [-0.2, 0) is 77.4 Å². The normalized spacial score (nSPS) is 13.2. The maximum atomic E-state index is 12.9. The zero-order valence-electron chi connectivity index (χ0n) is 31.1. The van der Waals surface area contributed by atoms with Crippen LogP contribution < -0.4 is 5.73 Å². The SMILES string of the molecule is Nc1c(/N=N/c2ccc(S(=O)(=O)CCOS(=O)(=O)O)cc2)c(S(=O)(=O)O)cc2cc(SOOO)c(/N=N/c3ccc4cc(S(=O)(=O)CCOSOOO)ccc4c3S(=O)(=O)O)c(O)c12. The van der Waals surface area contributed by atoms with E-state index in [1.54, 1.807) is 0 Å². The third-order valence-corrected chi connectivity index (χ3v) is 14.8. The van der Waals surface area contributed by atoms with E-state index < -0.39 is 119 Å². The van der Waals surface area contributed by atoms with Crippen LogP contribution in [0, 0.1) is 0 Å². The van der Waals surface area contributed by atoms with Gasteiger partial charge in [-0.3, -0.25) is 17.8 Å². The summed E-state index contributed by atoms with van der Waals surface area (Å²) in [6, 6.07) is 11.4. The third-order valence-electron chi connectivity index (χ3n) is 8.13. The van der Waals surface area contributed by atoms with E-state index in [0.29, 0.717) is 0 Å². The molecule has 0 atom stereocenters. The van der Waals surface area contributed by atoms with Crippen LogP contribution in [0.2, 0.25) is 0 Å². The predicted molar refractivity (Wildman–Crippen MR) is 219 cm³/mol. The minimum atomic E-state index is -5.20. The second-order valence-corrected chi connectivity index (χ2v) is 21.4. The fourth-order valence-corrected chi connectivity index (χ4v) is 10.4. The lowest BCUT2D eigenvalue weighted by Crippen LogP contribution is -2.15. The minimum absolute atomic E-state index is 0.0211. The second kappa shape index (κ2) is 20.3. The molecule has 0 aliphatic heterocycles. The van der Waals surface area contributed by atoms with Crippen LogP contribution >= 0.6 is 24.4 Å². The van der Waals surface area contributed by atoms with E-state index in [1.807, 2.05) is 0 Å². The monoisotopic (exact) mass is 1030 g/mol. The van der Waals surface area contributed by atoms with E-state index in [2.05, 4.69) is 43.4 Å². The Morgan fingerprint density at radius 1 is 0.641 bits per heavy atom. The molecule has 0 aromatic heterocycles. The molecule has 0 spiro atoms. The smallest absolute Gasteiger partial charge is 0.397 e. The number of phenols is 1. The zero-order chi connectivity index (χ0) is 47.3. The first-order valence-corrected chi connectivity index (χ1v) is 25.4. The molecule has 0 unspecified atom stereocenters. The van der Waals surface area contributed by atoms with Crippen molar-refractivity contribution in [3.8, 4) is 5.75 Å². The number of benzene rings is 5. The molecule has 5 rings (SSSR count). The molecule has 0 bridgehead atoms. The van der Waals surface area contributed by atoms with Crippen LogP contribution in [0.4, 0.5) is 28.4 Å². The van der Waals surface area contributed by atoms with Crippen molar-refractivity contribution in [3.05, 3.63) is 66.7 Å². The summed E-state index contributed by atoms with van der Waals surface area (Å²) in [5.41, 5.74) is 3.52. The van der Waals surface area contributed by atoms with Crippen LogP contribution in [0.3, 0.4) is 0 Å². The van der Waals surface area contributed by atoms with Crippen LogP contribution in [0.15, 0.2) is 112 Å². The Morgan fingerprint density at radius 3 is 1.89 bits per heavy atom. The molecule has 346 valence electrons. The van der Waals surface area contributed by atoms with E-state index in [1.165, 1.54) is 6.07 Å². The molecule has 34 heteroatoms. The van der Waals surface area contributed by atoms with Crippen molar-refractivity contribution in [3.63, 3.8) is 0 Å². The molecule has 0 saturated heterocycles. The lowest BCUT2D eigenvalue weighted by atomic mass is 10.1. The predicted octanol–water partition coefficient (Wildman–Crippen LogP) is 5.40. The highest BCUT2D eigenvalue weighted by Crippen LogP contribution is 2.50. The molecule has 0 heterocycles. The Hall–Kier alpha value is -4.57. The van der Waals surface area contributed by atoms with Gasteiger partial charge < -0.3 is 10.8 Å². The average molecular weight is 1030 g/mol. The van der Waals surface area contributed by atoms with Gasteiger partial charge >= 0.3 is 10.4 Å². The van der Waals surface area contributed by atoms with Gasteiger partial charge in [-0.1, -0.05) is 22.2 Å². The summed E-state index contributed by atoms with van der Waals surface area (Å²) < 4.78 is 169. The first kappa shape index (κ1) is 50.4. The number of rotatable bonds is 21. The lowest BCUT2D eigenvalue weighted by molar-refractivity contribution is -0.434. The summed E-state index contributed by atoms with van der Waals surface area (Å²) >= 11 is 0.292. The third kappa shape index (κ3) is 12.4. The summed E-state index contributed by atoms with van der Waals surface area (Å²) in [6.07, 6.45) is 0. The van der Waals surface area contributed by atoms with E-state index >= 15 is 0 Å². The van der Waals surface area contributed by atoms with E-state index in [9.17, 15) is 56.3 Å². The number of fused-ring (bicyclic) bond motifs is 2. The molecule has 0 fully saturated rings. The molecular formula is C30H27N5O22S7. The Balaban J connectivity index is 1.58. The van der Waals surface area contributed by atoms with Gasteiger partial charge in [0.25, 0.3) is 20.2 Å². The quantitative estimate of drug-likeness (QED) is 0.00919. The van der Waals surface area contributed by atoms with Crippen LogP contribution in [0.25, 0.3) is 21.5 Å². The molecule has 0 saturated carbocycles. The van der Waals surface area contributed by atoms with Crippen LogP contribution in [-0.4, -0.2) is 96.1 Å². The van der Waals surface area contributed by atoms with Crippen LogP contribution in [0.1, 0.15) is 0 Å². The van der Waals surface area contributed by atoms with Gasteiger partial charge in [0.05, 0.1) is 68.2 Å². The van der Waals surface area contributed by atoms with Gasteiger partial charge in [0.1, 0.15) is 26.9 Å². The highest BCUT2D eigenvalue weighted by molar-refractivity contribution is 7.94. The van der Waals surface area contributed by atoms with Gasteiger partial charge in [-0.05, 0) is 65.4 Å². The van der Waals surface area contributed by atoms with Crippen molar-refractivity contribution in [2.75, 3.05) is 30.5 Å². The van der Waals surface area contributed by atoms with Gasteiger partial charge in [0.15, 0.2) is 37.7 Å². The Labute approximate surface area is 369 Å². The second-order valence-electron chi connectivity index (χ2n) is 12.1. The van der Waals surface area contributed by atoms with E-state index in [-0.39, 0.29) is 60.9 Å². The zero-order valence-corrected chi connectivity index (χ0v) is 36.8. The van der Waals surface area contributed by atoms with Gasteiger partial charge in [-0.2, -0.15) is 30.4 Å². The number of sulfone groups is 2. The fourth-order valence-electron chi connectivity index (χ4n) is 5.46. The summed E-state index contributed by atoms with van der Waals surface area (Å²) in [7, 11) is -23.5. The molecule has 5 aromatic carbocycles. The number of nitrogen functional groups attached to an aromatic ring is 1. The minimum Gasteiger partial charge on any atom is -0.505 e. The molecule has 5 aromatic rings. The Morgan fingerprint density at radius 2 is 1.27 bits per heavy atom. The number of azo groups is 2. The van der Waals surface area contributed by atoms with Crippen molar-refractivity contribution in [1.82, 2.24) is 0 Å². The summed E-state index contributed by atoms with van der Waals surface area (Å²) in [5.74, 6) is -2.39. The molecule has 0 amide bonds. The number of aromatic hydroxyl groups is 1. The Bertz CT molecular complexity index is 3230. The maximum absolute atomic E-state index is 12.9. The molecule has 0 aliphatic carbocycles. The maximum Gasteiger partial charge on any atom is 0.397 e. The number of hydrogen-bond donors (Lipinski definition) is 7. The number of nitrogens with two attached hydrogens (primary N) is 1. The molecule has 0 radical (unpaired) electrons. The van der Waals surface area contributed by atoms with Crippen molar-refractivity contribution >= 4 is 125 Å². The van der Waals surface area contributed by atoms with Crippen molar-refractivity contribution in [2.24, 2.45) is 20.5 Å². The van der Waals surface area contributed by atoms with Crippen molar-refractivity contribution < 1.29 is 98.5 Å². The van der Waals surface area contributed by atoms with E-state index in [0.717, 1.165) is 60.7 Å². The largest absolute Gasteiger partial charge is 0.505 e. The number of hydrogen-bond acceptors (Lipinski definition) is 26. The standard InChI is InChI=1S/C30H27N5O22S7/c31-26-25-17(15-24(62(43,44)45)28(26)35-32-18-2-4-19(5-3-18)60(39,40)12-10-53-64(49,50)51)14-23(58-56-54-37)27(29(25)36)34-33-22-8-1-16-13-20(6-7-21(16)30(22)63(46,47)48)61(41,42)11-9-52-59-57-55-38/h1-8,13-15,36-38H,9-12,31H2,(H,43,44,45)(H,46,47,48)(H,49,50,51)/b34-33+,35-32+. The van der Waals surface area contributed by atoms with Gasteiger partial charge in [0.2, 0.25) is 0 Å². The van der Waals surface area contributed by atoms with Gasteiger partial charge in [0, 0.05) is 5.39 Å². The van der Waals surface area contributed by atoms with E-state index in [4.69, 9.17) is 25.0 Å². The summed E-state index contributed by atoms with van der Waals surface area (Å²) in [5, 5.41) is 49.9. The molecular weight excluding hydrogens is 1010 g/mol. The molecule has 8 N–H and O–H groups in total. The lowest BCUT2D eigenvalue weighted by Gasteiger charge is -2.14. The fraction of sp³-hybridized carbons (Fsp3) is 0.133. The highest BCUT2D eigenvalue weighted by Gasteiger charge is 2.27. The molecule has 64 heavy (non-hydrogen) atoms. The molecule has 27 nitrogen and oxygen atoms in total. The first-order chi connectivity index (χ1) is 29.9. The molecule has 0 aliphatic rings. The summed E-state index contributed by atoms with van der Waals surface area (Å²) in [4.78, 5) is -2.82. The number of nitrogens with zero attached hydrogens (tertiary/aromatic N) is 4. The summed E-state index contributed by atoms with van der Waals surface area (Å²) in [6.45, 7) is -1.34. The number of phenolic OH excluding ortho intramolecular Hbond substituents is 1. The first-order valence-electron chi connectivity index (χ1n) is 16.4. The van der Waals surface area contributed by atoms with Gasteiger partial charge in [-0.25, -0.2) is 31.5 Å².